The molecule has 4 nitrogen and oxygen atoms in total. The smallest absolute Gasteiger partial charge is 0.341 e. The van der Waals surface area contributed by atoms with Crippen LogP contribution >= 0.6 is 11.8 Å². The first-order valence-electron chi connectivity index (χ1n) is 10.1. The third-order valence-electron chi connectivity index (χ3n) is 5.19. The molecule has 1 aliphatic heterocycles. The Bertz CT molecular complexity index is 1020. The molecule has 31 heavy (non-hydrogen) atoms. The number of halogens is 3. The third-order valence-corrected chi connectivity index (χ3v) is 6.44. The molecule has 1 aliphatic rings. The average molecular weight is 446 g/mol. The molecule has 0 spiro atoms. The molecule has 0 radical (unpaired) electrons. The molecule has 1 fully saturated rings. The Balaban J connectivity index is 1.72. The van der Waals surface area contributed by atoms with Gasteiger partial charge in [0.2, 0.25) is 5.91 Å². The summed E-state index contributed by atoms with van der Waals surface area (Å²) < 4.78 is 41.4. The van der Waals surface area contributed by atoms with E-state index in [4.69, 9.17) is 0 Å². The second-order valence-corrected chi connectivity index (χ2v) is 8.51. The van der Waals surface area contributed by atoms with Crippen molar-refractivity contribution >= 4 is 17.7 Å². The molecule has 4 rings (SSSR count). The normalized spacial score (nSPS) is 15.3. The van der Waals surface area contributed by atoms with Crippen LogP contribution in [0, 0.1) is 0 Å². The minimum atomic E-state index is -4.42. The van der Waals surface area contributed by atoms with Gasteiger partial charge in [-0.1, -0.05) is 72.4 Å². The standard InChI is InChI=1S/C23H22F3N3OS/c24-23(25,26)16-29-19(17-9-3-1-4-10-17)15-27-22(29)31-20(18-11-5-2-6-12-18)21(30)28-13-7-8-14-28/h1-6,9-12,15,20H,7-8,13-14,16H2. The second-order valence-electron chi connectivity index (χ2n) is 7.43. The molecule has 0 N–H and O–H groups in total. The van der Waals surface area contributed by atoms with Crippen molar-refractivity contribution in [3.63, 3.8) is 0 Å². The van der Waals surface area contributed by atoms with Gasteiger partial charge in [-0.2, -0.15) is 13.2 Å². The fraction of sp³-hybridized carbons (Fsp3) is 0.304. The monoisotopic (exact) mass is 445 g/mol. The van der Waals surface area contributed by atoms with Gasteiger partial charge in [-0.3, -0.25) is 4.79 Å². The maximum Gasteiger partial charge on any atom is 0.406 e. The van der Waals surface area contributed by atoms with Crippen LogP contribution in [0.25, 0.3) is 11.3 Å². The molecule has 0 bridgehead atoms. The maximum atomic E-state index is 13.4. The first-order valence-corrected chi connectivity index (χ1v) is 11.0. The van der Waals surface area contributed by atoms with E-state index in [1.165, 1.54) is 6.20 Å². The lowest BCUT2D eigenvalue weighted by atomic mass is 10.1. The summed E-state index contributed by atoms with van der Waals surface area (Å²) in [6.07, 6.45) is -1.08. The number of carbonyl (C=O) groups is 1. The molecule has 0 aliphatic carbocycles. The van der Waals surface area contributed by atoms with E-state index < -0.39 is 18.0 Å². The van der Waals surface area contributed by atoms with E-state index in [1.54, 1.807) is 29.2 Å². The summed E-state index contributed by atoms with van der Waals surface area (Å²) in [7, 11) is 0. The van der Waals surface area contributed by atoms with Crippen LogP contribution < -0.4 is 0 Å². The highest BCUT2D eigenvalue weighted by molar-refractivity contribution is 8.00. The fourth-order valence-corrected chi connectivity index (χ4v) is 4.88. The van der Waals surface area contributed by atoms with Gasteiger partial charge in [-0.05, 0) is 24.0 Å². The lowest BCUT2D eigenvalue weighted by Crippen LogP contribution is -2.31. The van der Waals surface area contributed by atoms with Crippen molar-refractivity contribution in [2.75, 3.05) is 13.1 Å². The van der Waals surface area contributed by atoms with Crippen molar-refractivity contribution in [3.05, 3.63) is 72.4 Å². The zero-order valence-electron chi connectivity index (χ0n) is 16.8. The molecule has 0 saturated carbocycles. The second kappa shape index (κ2) is 9.18. The van der Waals surface area contributed by atoms with Crippen molar-refractivity contribution in [1.29, 1.82) is 0 Å². The lowest BCUT2D eigenvalue weighted by Gasteiger charge is -2.23. The van der Waals surface area contributed by atoms with Crippen LogP contribution in [-0.4, -0.2) is 39.6 Å². The number of likely N-dealkylation sites (tertiary alicyclic amines) is 1. The first-order chi connectivity index (χ1) is 14.9. The predicted octanol–water partition coefficient (Wildman–Crippen LogP) is 5.57. The summed E-state index contributed by atoms with van der Waals surface area (Å²) in [6.45, 7) is 0.183. The van der Waals surface area contributed by atoms with Crippen LogP contribution in [0.2, 0.25) is 0 Å². The minimum absolute atomic E-state index is 0.0866. The number of aromatic nitrogens is 2. The summed E-state index contributed by atoms with van der Waals surface area (Å²) in [4.78, 5) is 19.4. The van der Waals surface area contributed by atoms with E-state index in [2.05, 4.69) is 4.98 Å². The molecular weight excluding hydrogens is 423 g/mol. The number of rotatable bonds is 6. The molecule has 3 aromatic rings. The van der Waals surface area contributed by atoms with E-state index >= 15 is 0 Å². The van der Waals surface area contributed by atoms with Gasteiger partial charge in [-0.15, -0.1) is 0 Å². The number of nitrogens with zero attached hydrogens (tertiary/aromatic N) is 3. The van der Waals surface area contributed by atoms with Gasteiger partial charge in [0, 0.05) is 13.1 Å². The number of carbonyl (C=O) groups excluding carboxylic acids is 1. The lowest BCUT2D eigenvalue weighted by molar-refractivity contribution is -0.141. The molecule has 1 aromatic heterocycles. The molecule has 1 amide bonds. The number of thioether (sulfide) groups is 1. The fourth-order valence-electron chi connectivity index (χ4n) is 3.72. The maximum absolute atomic E-state index is 13.4. The highest BCUT2D eigenvalue weighted by Crippen LogP contribution is 2.39. The summed E-state index contributed by atoms with van der Waals surface area (Å²) in [5, 5.41) is -0.477. The van der Waals surface area contributed by atoms with Crippen molar-refractivity contribution in [3.8, 4) is 11.3 Å². The van der Waals surface area contributed by atoms with Crippen molar-refractivity contribution in [2.45, 2.75) is 36.0 Å². The molecule has 2 aromatic carbocycles. The summed E-state index contributed by atoms with van der Waals surface area (Å²) >= 11 is 1.08. The number of imidazole rings is 1. The highest BCUT2D eigenvalue weighted by atomic mass is 32.2. The van der Waals surface area contributed by atoms with Crippen LogP contribution in [0.4, 0.5) is 13.2 Å². The Hall–Kier alpha value is -2.74. The molecule has 2 heterocycles. The molecule has 1 saturated heterocycles. The van der Waals surface area contributed by atoms with Gasteiger partial charge < -0.3 is 9.47 Å². The summed E-state index contributed by atoms with van der Waals surface area (Å²) in [6, 6.07) is 18.0. The number of amides is 1. The van der Waals surface area contributed by atoms with Crippen LogP contribution in [0.1, 0.15) is 23.7 Å². The molecule has 1 unspecified atom stereocenters. The molecule has 162 valence electrons. The van der Waals surface area contributed by atoms with Gasteiger partial charge >= 0.3 is 6.18 Å². The Morgan fingerprint density at radius 1 is 1.00 bits per heavy atom. The van der Waals surface area contributed by atoms with Gasteiger partial charge in [-0.25, -0.2) is 4.98 Å². The van der Waals surface area contributed by atoms with Gasteiger partial charge in [0.1, 0.15) is 11.8 Å². The van der Waals surface area contributed by atoms with E-state index in [9.17, 15) is 18.0 Å². The van der Waals surface area contributed by atoms with Crippen LogP contribution in [0.15, 0.2) is 72.0 Å². The zero-order chi connectivity index (χ0) is 21.8. The first kappa shape index (κ1) is 21.5. The Labute approximate surface area is 183 Å². The minimum Gasteiger partial charge on any atom is -0.341 e. The quantitative estimate of drug-likeness (QED) is 0.466. The molecule has 1 atom stereocenters. The SMILES string of the molecule is O=C(C(Sc1ncc(-c2ccccc2)n1CC(F)(F)F)c1ccccc1)N1CCCC1. The number of hydrogen-bond acceptors (Lipinski definition) is 3. The molecular formula is C23H22F3N3OS. The van der Waals surface area contributed by atoms with Crippen molar-refractivity contribution in [1.82, 2.24) is 14.5 Å². The van der Waals surface area contributed by atoms with E-state index in [0.29, 0.717) is 24.3 Å². The number of benzene rings is 2. The van der Waals surface area contributed by atoms with Gasteiger partial charge in [0.05, 0.1) is 11.9 Å². The predicted molar refractivity (Wildman–Crippen MR) is 115 cm³/mol. The number of alkyl halides is 3. The summed E-state index contributed by atoms with van der Waals surface area (Å²) in [5.41, 5.74) is 1.78. The molecule has 8 heteroatoms. The number of hydrogen-bond donors (Lipinski definition) is 0. The van der Waals surface area contributed by atoms with Crippen molar-refractivity contribution in [2.24, 2.45) is 0 Å². The van der Waals surface area contributed by atoms with Crippen molar-refractivity contribution < 1.29 is 18.0 Å². The Morgan fingerprint density at radius 2 is 1.61 bits per heavy atom. The summed E-state index contributed by atoms with van der Waals surface area (Å²) in [5.74, 6) is -0.0866. The van der Waals surface area contributed by atoms with Crippen LogP contribution in [0.5, 0.6) is 0 Å². The largest absolute Gasteiger partial charge is 0.406 e. The Morgan fingerprint density at radius 3 is 2.23 bits per heavy atom. The highest BCUT2D eigenvalue weighted by Gasteiger charge is 2.34. The van der Waals surface area contributed by atoms with E-state index in [-0.39, 0.29) is 11.1 Å². The van der Waals surface area contributed by atoms with Crippen LogP contribution in [-0.2, 0) is 11.3 Å². The zero-order valence-corrected chi connectivity index (χ0v) is 17.6. The Kier molecular flexibility index (Phi) is 6.36. The van der Waals surface area contributed by atoms with Gasteiger partial charge in [0.15, 0.2) is 5.16 Å². The average Bonchev–Trinajstić information content (AvgIpc) is 3.42. The van der Waals surface area contributed by atoms with E-state index in [0.717, 1.165) is 34.7 Å². The topological polar surface area (TPSA) is 38.1 Å². The third kappa shape index (κ3) is 5.12. The van der Waals surface area contributed by atoms with Gasteiger partial charge in [0.25, 0.3) is 0 Å². The van der Waals surface area contributed by atoms with Crippen LogP contribution in [0.3, 0.4) is 0 Å². The van der Waals surface area contributed by atoms with E-state index in [1.807, 2.05) is 36.4 Å².